The molecule has 0 aliphatic rings. The van der Waals surface area contributed by atoms with Crippen LogP contribution in [-0.4, -0.2) is 15.5 Å². The lowest BCUT2D eigenvalue weighted by atomic mass is 10.00. The fraction of sp³-hybridized carbons (Fsp3) is 0.120. The fourth-order valence-electron chi connectivity index (χ4n) is 3.77. The number of carbonyl (C=O) groups excluding carboxylic acids is 1. The highest BCUT2D eigenvalue weighted by atomic mass is 16.5. The number of benzene rings is 2. The van der Waals surface area contributed by atoms with E-state index in [4.69, 9.17) is 10.5 Å². The Morgan fingerprint density at radius 1 is 0.933 bits per heavy atom. The Labute approximate surface area is 175 Å². The molecule has 150 valence electrons. The van der Waals surface area contributed by atoms with Gasteiger partial charge in [0.1, 0.15) is 11.5 Å². The molecular weight excluding hydrogens is 374 g/mol. The molecule has 0 unspecified atom stereocenters. The number of ether oxygens (including phenoxy) is 1. The summed E-state index contributed by atoms with van der Waals surface area (Å²) in [7, 11) is 0. The van der Waals surface area contributed by atoms with Gasteiger partial charge in [0.15, 0.2) is 0 Å². The van der Waals surface area contributed by atoms with Crippen molar-refractivity contribution in [3.63, 3.8) is 0 Å². The summed E-state index contributed by atoms with van der Waals surface area (Å²) in [5.74, 6) is 1.01. The predicted octanol–water partition coefficient (Wildman–Crippen LogP) is 5.11. The molecule has 2 heterocycles. The number of rotatable bonds is 6. The summed E-state index contributed by atoms with van der Waals surface area (Å²) in [6.07, 6.45) is 1.77. The zero-order chi connectivity index (χ0) is 21.1. The summed E-state index contributed by atoms with van der Waals surface area (Å²) < 4.78 is 8.07. The minimum absolute atomic E-state index is 0.445. The number of amides is 1. The van der Waals surface area contributed by atoms with Crippen molar-refractivity contribution in [1.29, 1.82) is 0 Å². The molecule has 0 saturated carbocycles. The Kier molecular flexibility index (Phi) is 5.35. The summed E-state index contributed by atoms with van der Waals surface area (Å²) in [6, 6.07) is 23.1. The number of carbonyl (C=O) groups is 1. The second-order valence-corrected chi connectivity index (χ2v) is 7.14. The third-order valence-corrected chi connectivity index (χ3v) is 5.18. The van der Waals surface area contributed by atoms with E-state index in [2.05, 4.69) is 9.55 Å². The molecule has 30 heavy (non-hydrogen) atoms. The zero-order valence-corrected chi connectivity index (χ0v) is 17.0. The molecule has 4 rings (SSSR count). The SMILES string of the molecule is Cc1c(C(N)=O)c(-c2cccc(Oc3ccccc3)c2)c(C)n1Cc1ccccn1. The smallest absolute Gasteiger partial charge is 0.251 e. The number of aromatic nitrogens is 2. The molecule has 4 aromatic rings. The molecule has 0 aliphatic heterocycles. The second-order valence-electron chi connectivity index (χ2n) is 7.14. The van der Waals surface area contributed by atoms with Crippen LogP contribution in [0, 0.1) is 13.8 Å². The normalized spacial score (nSPS) is 10.7. The van der Waals surface area contributed by atoms with Gasteiger partial charge in [-0.3, -0.25) is 9.78 Å². The molecule has 5 nitrogen and oxygen atoms in total. The number of pyridine rings is 1. The largest absolute Gasteiger partial charge is 0.457 e. The van der Waals surface area contributed by atoms with Gasteiger partial charge in [0, 0.05) is 23.1 Å². The molecule has 2 aromatic carbocycles. The van der Waals surface area contributed by atoms with Crippen molar-refractivity contribution in [2.45, 2.75) is 20.4 Å². The van der Waals surface area contributed by atoms with E-state index in [1.165, 1.54) is 0 Å². The van der Waals surface area contributed by atoms with E-state index in [-0.39, 0.29) is 0 Å². The zero-order valence-electron chi connectivity index (χ0n) is 17.0. The lowest BCUT2D eigenvalue weighted by molar-refractivity contribution is 0.1000. The standard InChI is InChI=1S/C25H23N3O2/c1-17-23(19-9-8-13-22(15-19)30-21-11-4-3-5-12-21)24(25(26)29)18(2)28(17)16-20-10-6-7-14-27-20/h3-15H,16H2,1-2H3,(H2,26,29). The monoisotopic (exact) mass is 397 g/mol. The number of nitrogens with zero attached hydrogens (tertiary/aromatic N) is 2. The van der Waals surface area contributed by atoms with Crippen molar-refractivity contribution < 1.29 is 9.53 Å². The second kappa shape index (κ2) is 8.25. The highest BCUT2D eigenvalue weighted by Gasteiger charge is 2.23. The first kappa shape index (κ1) is 19.5. The topological polar surface area (TPSA) is 70.1 Å². The summed E-state index contributed by atoms with van der Waals surface area (Å²) in [5.41, 5.74) is 10.7. The summed E-state index contributed by atoms with van der Waals surface area (Å²) >= 11 is 0. The molecule has 0 atom stereocenters. The molecule has 0 radical (unpaired) electrons. The molecule has 0 spiro atoms. The molecule has 0 saturated heterocycles. The van der Waals surface area contributed by atoms with Crippen LogP contribution in [0.2, 0.25) is 0 Å². The summed E-state index contributed by atoms with van der Waals surface area (Å²) in [6.45, 7) is 4.49. The Balaban J connectivity index is 1.78. The van der Waals surface area contributed by atoms with Crippen LogP contribution in [0.4, 0.5) is 0 Å². The highest BCUT2D eigenvalue weighted by molar-refractivity contribution is 6.02. The van der Waals surface area contributed by atoms with Crippen LogP contribution in [0.15, 0.2) is 79.0 Å². The average Bonchev–Trinajstić information content (AvgIpc) is 3.00. The van der Waals surface area contributed by atoms with Gasteiger partial charge in [-0.2, -0.15) is 0 Å². The molecule has 0 fully saturated rings. The van der Waals surface area contributed by atoms with Crippen molar-refractivity contribution >= 4 is 5.91 Å². The Bertz CT molecular complexity index is 1180. The van der Waals surface area contributed by atoms with Crippen molar-refractivity contribution in [2.24, 2.45) is 5.73 Å². The molecular formula is C25H23N3O2. The van der Waals surface area contributed by atoms with Crippen LogP contribution >= 0.6 is 0 Å². The van der Waals surface area contributed by atoms with Crippen LogP contribution < -0.4 is 10.5 Å². The van der Waals surface area contributed by atoms with E-state index in [0.29, 0.717) is 17.9 Å². The van der Waals surface area contributed by atoms with E-state index in [9.17, 15) is 4.79 Å². The average molecular weight is 397 g/mol. The van der Waals surface area contributed by atoms with E-state index in [0.717, 1.165) is 34.0 Å². The number of hydrogen-bond acceptors (Lipinski definition) is 3. The lowest BCUT2D eigenvalue weighted by Crippen LogP contribution is -2.13. The van der Waals surface area contributed by atoms with Crippen LogP contribution in [0.3, 0.4) is 0 Å². The van der Waals surface area contributed by atoms with Gasteiger partial charge in [-0.05, 0) is 55.8 Å². The maximum absolute atomic E-state index is 12.4. The third kappa shape index (κ3) is 3.82. The number of primary amides is 1. The van der Waals surface area contributed by atoms with Crippen LogP contribution in [-0.2, 0) is 6.54 Å². The van der Waals surface area contributed by atoms with Crippen LogP contribution in [0.1, 0.15) is 27.4 Å². The summed E-state index contributed by atoms with van der Waals surface area (Å²) in [4.78, 5) is 16.8. The first-order valence-electron chi connectivity index (χ1n) is 9.77. The number of hydrogen-bond donors (Lipinski definition) is 1. The summed E-state index contributed by atoms with van der Waals surface area (Å²) in [5, 5.41) is 0. The van der Waals surface area contributed by atoms with Gasteiger partial charge in [-0.15, -0.1) is 0 Å². The molecule has 2 N–H and O–H groups in total. The van der Waals surface area contributed by atoms with E-state index in [1.807, 2.05) is 86.6 Å². The van der Waals surface area contributed by atoms with E-state index in [1.54, 1.807) is 6.20 Å². The van der Waals surface area contributed by atoms with Gasteiger partial charge in [0.05, 0.1) is 17.8 Å². The van der Waals surface area contributed by atoms with E-state index < -0.39 is 5.91 Å². The molecule has 5 heteroatoms. The Morgan fingerprint density at radius 2 is 1.67 bits per heavy atom. The third-order valence-electron chi connectivity index (χ3n) is 5.18. The maximum Gasteiger partial charge on any atom is 0.251 e. The highest BCUT2D eigenvalue weighted by Crippen LogP contribution is 2.35. The lowest BCUT2D eigenvalue weighted by Gasteiger charge is -2.10. The van der Waals surface area contributed by atoms with Crippen molar-refractivity contribution in [3.8, 4) is 22.6 Å². The Hall–Kier alpha value is -3.86. The maximum atomic E-state index is 12.4. The molecule has 2 aromatic heterocycles. The number of para-hydroxylation sites is 1. The van der Waals surface area contributed by atoms with Gasteiger partial charge in [-0.25, -0.2) is 0 Å². The molecule has 0 bridgehead atoms. The van der Waals surface area contributed by atoms with Gasteiger partial charge in [-0.1, -0.05) is 36.4 Å². The van der Waals surface area contributed by atoms with Gasteiger partial charge >= 0.3 is 0 Å². The molecule has 1 amide bonds. The van der Waals surface area contributed by atoms with Crippen molar-refractivity contribution in [2.75, 3.05) is 0 Å². The van der Waals surface area contributed by atoms with Crippen LogP contribution in [0.25, 0.3) is 11.1 Å². The predicted molar refractivity (Wildman–Crippen MR) is 118 cm³/mol. The van der Waals surface area contributed by atoms with Gasteiger partial charge in [0.25, 0.3) is 5.91 Å². The van der Waals surface area contributed by atoms with E-state index >= 15 is 0 Å². The first-order valence-corrected chi connectivity index (χ1v) is 9.77. The van der Waals surface area contributed by atoms with Gasteiger partial charge < -0.3 is 15.0 Å². The molecule has 0 aliphatic carbocycles. The first-order chi connectivity index (χ1) is 14.5. The number of nitrogens with two attached hydrogens (primary N) is 1. The minimum Gasteiger partial charge on any atom is -0.457 e. The van der Waals surface area contributed by atoms with Crippen LogP contribution in [0.5, 0.6) is 11.5 Å². The Morgan fingerprint density at radius 3 is 2.37 bits per heavy atom. The van der Waals surface area contributed by atoms with Crippen molar-refractivity contribution in [1.82, 2.24) is 9.55 Å². The van der Waals surface area contributed by atoms with Crippen molar-refractivity contribution in [3.05, 3.63) is 102 Å². The minimum atomic E-state index is -0.445. The quantitative estimate of drug-likeness (QED) is 0.492. The van der Waals surface area contributed by atoms with Gasteiger partial charge in [0.2, 0.25) is 0 Å². The fourth-order valence-corrected chi connectivity index (χ4v) is 3.77.